The Balaban J connectivity index is 1.64. The number of thiazole rings is 1. The summed E-state index contributed by atoms with van der Waals surface area (Å²) in [6.07, 6.45) is 5.06. The standard InChI is InChI=1S/C27H28N2O5S2/c1-26(2)8-10-28-11-9-27(3,4)20-21(28)17(26)13-16-12-15(24(33)34-22(16)20)6-5-7-18-23(32)29(14-19(30)31)25(35)36-18/h6-7,12-13,32H,8-11,14H2,1-4H3,(H,30,31). The lowest BCUT2D eigenvalue weighted by molar-refractivity contribution is -0.137. The summed E-state index contributed by atoms with van der Waals surface area (Å²) in [7, 11) is 0. The van der Waals surface area contributed by atoms with Crippen molar-refractivity contribution in [3.63, 3.8) is 0 Å². The zero-order chi connectivity index (χ0) is 26.0. The topological polar surface area (TPSA) is 95.9 Å². The van der Waals surface area contributed by atoms with Crippen molar-refractivity contribution in [1.82, 2.24) is 4.57 Å². The zero-order valence-corrected chi connectivity index (χ0v) is 22.3. The molecule has 0 atom stereocenters. The first-order chi connectivity index (χ1) is 16.9. The second-order valence-electron chi connectivity index (χ2n) is 10.8. The van der Waals surface area contributed by atoms with Crippen LogP contribution in [0.4, 0.5) is 5.69 Å². The van der Waals surface area contributed by atoms with E-state index < -0.39 is 18.1 Å². The first kappa shape index (κ1) is 24.6. The monoisotopic (exact) mass is 524 g/mol. The summed E-state index contributed by atoms with van der Waals surface area (Å²) in [5.74, 6) is -1.34. The maximum atomic E-state index is 13.0. The fourth-order valence-corrected chi connectivity index (χ4v) is 6.46. The molecule has 1 aromatic carbocycles. The van der Waals surface area contributed by atoms with Crippen LogP contribution >= 0.6 is 23.6 Å². The van der Waals surface area contributed by atoms with Crippen molar-refractivity contribution >= 4 is 58.3 Å². The molecule has 9 heteroatoms. The van der Waals surface area contributed by atoms with E-state index in [0.29, 0.717) is 16.0 Å². The number of benzene rings is 1. The van der Waals surface area contributed by atoms with Gasteiger partial charge in [0.2, 0.25) is 5.88 Å². The number of fused-ring (bicyclic) bond motifs is 2. The molecule has 0 unspecified atom stereocenters. The van der Waals surface area contributed by atoms with Crippen LogP contribution in [0.1, 0.15) is 62.1 Å². The first-order valence-electron chi connectivity index (χ1n) is 11.9. The minimum atomic E-state index is -1.10. The molecule has 2 aliphatic rings. The highest BCUT2D eigenvalue weighted by Gasteiger charge is 2.41. The molecular weight excluding hydrogens is 496 g/mol. The van der Waals surface area contributed by atoms with Gasteiger partial charge in [-0.3, -0.25) is 9.36 Å². The van der Waals surface area contributed by atoms with Crippen LogP contribution in [0.25, 0.3) is 23.1 Å². The molecule has 0 bridgehead atoms. The van der Waals surface area contributed by atoms with E-state index in [0.717, 1.165) is 52.8 Å². The normalized spacial score (nSPS) is 17.4. The quantitative estimate of drug-likeness (QED) is 0.258. The van der Waals surface area contributed by atoms with Crippen molar-refractivity contribution in [2.75, 3.05) is 18.0 Å². The number of aromatic hydroxyl groups is 1. The van der Waals surface area contributed by atoms with Crippen LogP contribution in [0.2, 0.25) is 0 Å². The SMILES string of the molecule is CC1(C)CCN2CCC(C)(C)c3c2c1cc1cc(C=C=Cc2sc(=S)n(CC(=O)O)c2O)c(=O)oc31. The van der Waals surface area contributed by atoms with Crippen LogP contribution in [-0.4, -0.2) is 33.8 Å². The molecule has 188 valence electrons. The van der Waals surface area contributed by atoms with Crippen molar-refractivity contribution in [3.05, 3.63) is 53.8 Å². The summed E-state index contributed by atoms with van der Waals surface area (Å²) in [6, 6.07) is 4.00. The van der Waals surface area contributed by atoms with Gasteiger partial charge < -0.3 is 19.5 Å². The second-order valence-corrected chi connectivity index (χ2v) is 12.5. The van der Waals surface area contributed by atoms with E-state index in [2.05, 4.69) is 44.4 Å². The van der Waals surface area contributed by atoms with Crippen LogP contribution in [0.15, 0.2) is 27.1 Å². The van der Waals surface area contributed by atoms with Gasteiger partial charge in [-0.2, -0.15) is 0 Å². The van der Waals surface area contributed by atoms with Gasteiger partial charge in [0.25, 0.3) is 0 Å². The number of rotatable bonds is 4. The predicted octanol–water partition coefficient (Wildman–Crippen LogP) is 5.67. The molecule has 5 rings (SSSR count). The van der Waals surface area contributed by atoms with E-state index in [9.17, 15) is 14.7 Å². The number of nitrogens with zero attached hydrogens (tertiary/aromatic N) is 2. The van der Waals surface area contributed by atoms with E-state index in [1.165, 1.54) is 23.4 Å². The molecule has 2 aromatic heterocycles. The van der Waals surface area contributed by atoms with Crippen LogP contribution in [0.3, 0.4) is 0 Å². The molecule has 0 radical (unpaired) electrons. The molecule has 0 aliphatic carbocycles. The Hall–Kier alpha value is -3.13. The first-order valence-corrected chi connectivity index (χ1v) is 13.1. The van der Waals surface area contributed by atoms with Gasteiger partial charge in [0, 0.05) is 35.8 Å². The Morgan fingerprint density at radius 1 is 1.19 bits per heavy atom. The van der Waals surface area contributed by atoms with Crippen LogP contribution in [-0.2, 0) is 22.2 Å². The molecule has 0 saturated heterocycles. The van der Waals surface area contributed by atoms with Crippen molar-refractivity contribution in [1.29, 1.82) is 0 Å². The highest BCUT2D eigenvalue weighted by Crippen LogP contribution is 2.51. The fraction of sp³-hybridized carbons (Fsp3) is 0.407. The lowest BCUT2D eigenvalue weighted by Crippen LogP contribution is -2.44. The zero-order valence-electron chi connectivity index (χ0n) is 20.7. The lowest BCUT2D eigenvalue weighted by atomic mass is 9.69. The van der Waals surface area contributed by atoms with Crippen LogP contribution in [0, 0.1) is 3.95 Å². The molecule has 36 heavy (non-hydrogen) atoms. The summed E-state index contributed by atoms with van der Waals surface area (Å²) in [4.78, 5) is 26.8. The minimum absolute atomic E-state index is 0.0121. The van der Waals surface area contributed by atoms with Gasteiger partial charge >= 0.3 is 11.6 Å². The Morgan fingerprint density at radius 2 is 1.89 bits per heavy atom. The van der Waals surface area contributed by atoms with Gasteiger partial charge in [-0.1, -0.05) is 27.7 Å². The predicted molar refractivity (Wildman–Crippen MR) is 145 cm³/mol. The third kappa shape index (κ3) is 4.01. The van der Waals surface area contributed by atoms with Gasteiger partial charge in [0.1, 0.15) is 12.1 Å². The average molecular weight is 525 g/mol. The number of carboxylic acid groups (broad SMARTS) is 1. The lowest BCUT2D eigenvalue weighted by Gasteiger charge is -2.48. The summed E-state index contributed by atoms with van der Waals surface area (Å²) in [5.41, 5.74) is 6.98. The number of hydrogen-bond acceptors (Lipinski definition) is 7. The van der Waals surface area contributed by atoms with E-state index in [1.54, 1.807) is 0 Å². The van der Waals surface area contributed by atoms with Gasteiger partial charge in [-0.05, 0) is 59.7 Å². The third-order valence-electron chi connectivity index (χ3n) is 7.40. The maximum absolute atomic E-state index is 13.0. The Kier molecular flexibility index (Phi) is 5.78. The molecule has 7 nitrogen and oxygen atoms in total. The van der Waals surface area contributed by atoms with E-state index in [1.807, 2.05) is 6.07 Å². The van der Waals surface area contributed by atoms with Crippen LogP contribution < -0.4 is 10.5 Å². The van der Waals surface area contributed by atoms with Gasteiger partial charge in [0.05, 0.1) is 10.4 Å². The molecule has 0 spiro atoms. The molecule has 0 amide bonds. The van der Waals surface area contributed by atoms with Gasteiger partial charge in [-0.15, -0.1) is 17.1 Å². The highest BCUT2D eigenvalue weighted by molar-refractivity contribution is 7.73. The number of carbonyl (C=O) groups is 1. The number of hydrogen-bond donors (Lipinski definition) is 2. The van der Waals surface area contributed by atoms with E-state index in [4.69, 9.17) is 21.7 Å². The van der Waals surface area contributed by atoms with E-state index in [-0.39, 0.29) is 20.7 Å². The highest BCUT2D eigenvalue weighted by atomic mass is 32.1. The fourth-order valence-electron chi connectivity index (χ4n) is 5.26. The van der Waals surface area contributed by atoms with Crippen LogP contribution in [0.5, 0.6) is 5.88 Å². The van der Waals surface area contributed by atoms with E-state index >= 15 is 0 Å². The molecular formula is C27H28N2O5S2. The summed E-state index contributed by atoms with van der Waals surface area (Å²) in [5, 5.41) is 20.2. The van der Waals surface area contributed by atoms with Crippen molar-refractivity contribution in [3.8, 4) is 5.88 Å². The Bertz CT molecular complexity index is 1600. The van der Waals surface area contributed by atoms with Crippen molar-refractivity contribution in [2.24, 2.45) is 0 Å². The summed E-state index contributed by atoms with van der Waals surface area (Å²) >= 11 is 6.22. The van der Waals surface area contributed by atoms with Crippen molar-refractivity contribution < 1.29 is 19.4 Å². The molecule has 0 fully saturated rings. The number of anilines is 1. The molecule has 3 aromatic rings. The average Bonchev–Trinajstić information content (AvgIpc) is 3.04. The smallest absolute Gasteiger partial charge is 0.344 e. The molecule has 0 saturated carbocycles. The summed E-state index contributed by atoms with van der Waals surface area (Å²) < 4.78 is 7.34. The molecule has 2 aliphatic heterocycles. The third-order valence-corrected chi connectivity index (χ3v) is 8.78. The largest absolute Gasteiger partial charge is 0.493 e. The molecule has 2 N–H and O–H groups in total. The maximum Gasteiger partial charge on any atom is 0.344 e. The number of aromatic nitrogens is 1. The minimum Gasteiger partial charge on any atom is -0.493 e. The Labute approximate surface area is 217 Å². The number of aliphatic carboxylic acids is 1. The van der Waals surface area contributed by atoms with Crippen molar-refractivity contribution in [2.45, 2.75) is 57.9 Å². The number of carboxylic acids is 1. The summed E-state index contributed by atoms with van der Waals surface area (Å²) in [6.45, 7) is 10.5. The van der Waals surface area contributed by atoms with Gasteiger partial charge in [0.15, 0.2) is 3.95 Å². The Morgan fingerprint density at radius 3 is 2.58 bits per heavy atom. The molecule has 4 heterocycles. The second kappa shape index (κ2) is 8.47. The van der Waals surface area contributed by atoms with Gasteiger partial charge in [-0.25, -0.2) is 4.79 Å².